The first-order chi connectivity index (χ1) is 6.77. The van der Waals surface area contributed by atoms with Crippen molar-refractivity contribution in [3.05, 3.63) is 24.5 Å². The van der Waals surface area contributed by atoms with E-state index in [4.69, 9.17) is 5.11 Å². The fourth-order valence-electron chi connectivity index (χ4n) is 1.29. The van der Waals surface area contributed by atoms with Gasteiger partial charge in [0.2, 0.25) is 0 Å². The molecule has 2 heterocycles. The number of hydrogen-bond acceptors (Lipinski definition) is 3. The van der Waals surface area contributed by atoms with Gasteiger partial charge in [-0.05, 0) is 12.1 Å². The summed E-state index contributed by atoms with van der Waals surface area (Å²) < 4.78 is 0. The molecular formula is C9H9N3O2. The molecule has 0 aliphatic carbocycles. The number of rotatable bonds is 3. The van der Waals surface area contributed by atoms with E-state index in [0.29, 0.717) is 0 Å². The predicted molar refractivity (Wildman–Crippen MR) is 52.2 cm³/mol. The van der Waals surface area contributed by atoms with Crippen LogP contribution >= 0.6 is 0 Å². The number of carbonyl (C=O) groups is 1. The first-order valence-corrected chi connectivity index (χ1v) is 4.15. The molecule has 0 saturated carbocycles. The van der Waals surface area contributed by atoms with Crippen LogP contribution < -0.4 is 5.32 Å². The number of H-pyrrole nitrogens is 1. The van der Waals surface area contributed by atoms with Crippen LogP contribution in [-0.2, 0) is 4.79 Å². The third-order valence-electron chi connectivity index (χ3n) is 1.89. The van der Waals surface area contributed by atoms with Gasteiger partial charge in [-0.1, -0.05) is 0 Å². The van der Waals surface area contributed by atoms with Crippen molar-refractivity contribution < 1.29 is 9.90 Å². The summed E-state index contributed by atoms with van der Waals surface area (Å²) in [5.41, 5.74) is 1.53. The summed E-state index contributed by atoms with van der Waals surface area (Å²) >= 11 is 0. The van der Waals surface area contributed by atoms with Crippen molar-refractivity contribution in [1.29, 1.82) is 0 Å². The van der Waals surface area contributed by atoms with E-state index < -0.39 is 5.97 Å². The molecular weight excluding hydrogens is 182 g/mol. The Labute approximate surface area is 79.8 Å². The normalized spacial score (nSPS) is 10.3. The molecule has 0 fully saturated rings. The lowest BCUT2D eigenvalue weighted by molar-refractivity contribution is -0.134. The van der Waals surface area contributed by atoms with Gasteiger partial charge >= 0.3 is 5.97 Å². The summed E-state index contributed by atoms with van der Waals surface area (Å²) in [6, 6.07) is 3.60. The van der Waals surface area contributed by atoms with Crippen LogP contribution in [0.5, 0.6) is 0 Å². The van der Waals surface area contributed by atoms with E-state index in [-0.39, 0.29) is 6.54 Å². The highest BCUT2D eigenvalue weighted by Gasteiger charge is 2.03. The molecule has 0 atom stereocenters. The lowest BCUT2D eigenvalue weighted by Gasteiger charge is -2.03. The van der Waals surface area contributed by atoms with Gasteiger partial charge < -0.3 is 15.4 Å². The van der Waals surface area contributed by atoms with Gasteiger partial charge in [0.05, 0.1) is 0 Å². The molecule has 0 unspecified atom stereocenters. The summed E-state index contributed by atoms with van der Waals surface area (Å²) in [5.74, 6) is -0.884. The van der Waals surface area contributed by atoms with E-state index in [9.17, 15) is 4.79 Å². The molecule has 0 amide bonds. The molecule has 2 aromatic rings. The van der Waals surface area contributed by atoms with Crippen molar-refractivity contribution in [3.8, 4) is 0 Å². The number of carboxylic acids is 1. The van der Waals surface area contributed by atoms with Crippen LogP contribution in [0.1, 0.15) is 0 Å². The molecule has 0 aliphatic rings. The molecule has 2 rings (SSSR count). The van der Waals surface area contributed by atoms with E-state index in [2.05, 4.69) is 15.3 Å². The molecule has 5 heteroatoms. The van der Waals surface area contributed by atoms with Gasteiger partial charge in [0.1, 0.15) is 12.2 Å². The highest BCUT2D eigenvalue weighted by atomic mass is 16.4. The molecule has 0 bridgehead atoms. The van der Waals surface area contributed by atoms with Crippen molar-refractivity contribution in [3.63, 3.8) is 0 Å². The van der Waals surface area contributed by atoms with E-state index in [1.54, 1.807) is 18.5 Å². The Morgan fingerprint density at radius 1 is 1.57 bits per heavy atom. The highest BCUT2D eigenvalue weighted by Crippen LogP contribution is 2.19. The number of nitrogens with zero attached hydrogens (tertiary/aromatic N) is 1. The lowest BCUT2D eigenvalue weighted by atomic mass is 10.3. The van der Waals surface area contributed by atoms with Crippen LogP contribution in [0.4, 0.5) is 5.69 Å². The minimum absolute atomic E-state index is 0.0930. The molecule has 2 aromatic heterocycles. The monoisotopic (exact) mass is 191 g/mol. The Morgan fingerprint density at radius 3 is 3.21 bits per heavy atom. The number of anilines is 1. The van der Waals surface area contributed by atoms with E-state index >= 15 is 0 Å². The van der Waals surface area contributed by atoms with E-state index in [1.807, 2.05) is 6.07 Å². The highest BCUT2D eigenvalue weighted by molar-refractivity contribution is 5.90. The molecule has 0 aliphatic heterocycles. The maximum absolute atomic E-state index is 10.4. The zero-order valence-corrected chi connectivity index (χ0v) is 7.32. The van der Waals surface area contributed by atoms with Gasteiger partial charge in [-0.15, -0.1) is 0 Å². The molecule has 3 N–H and O–H groups in total. The number of aromatic amines is 1. The van der Waals surface area contributed by atoms with Crippen LogP contribution in [0.3, 0.4) is 0 Å². The van der Waals surface area contributed by atoms with Crippen molar-refractivity contribution in [2.45, 2.75) is 0 Å². The molecule has 0 saturated heterocycles. The first kappa shape index (κ1) is 8.55. The van der Waals surface area contributed by atoms with Crippen LogP contribution in [-0.4, -0.2) is 27.6 Å². The number of aliphatic carboxylic acids is 1. The fraction of sp³-hybridized carbons (Fsp3) is 0.111. The van der Waals surface area contributed by atoms with Crippen molar-refractivity contribution in [2.75, 3.05) is 11.9 Å². The largest absolute Gasteiger partial charge is 0.480 e. The minimum atomic E-state index is -0.884. The first-order valence-electron chi connectivity index (χ1n) is 4.15. The molecule has 0 radical (unpaired) electrons. The third kappa shape index (κ3) is 1.52. The van der Waals surface area contributed by atoms with Crippen molar-refractivity contribution in [2.24, 2.45) is 0 Å². The quantitative estimate of drug-likeness (QED) is 0.677. The number of carboxylic acid groups (broad SMARTS) is 1. The molecule has 5 nitrogen and oxygen atoms in total. The van der Waals surface area contributed by atoms with Gasteiger partial charge in [0.25, 0.3) is 0 Å². The van der Waals surface area contributed by atoms with Crippen molar-refractivity contribution >= 4 is 22.7 Å². The lowest BCUT2D eigenvalue weighted by Crippen LogP contribution is -2.12. The zero-order valence-electron chi connectivity index (χ0n) is 7.32. The summed E-state index contributed by atoms with van der Waals surface area (Å²) in [4.78, 5) is 17.4. The summed E-state index contributed by atoms with van der Waals surface area (Å²) in [7, 11) is 0. The Bertz CT molecular complexity index is 464. The number of fused-ring (bicyclic) bond motifs is 1. The van der Waals surface area contributed by atoms with E-state index in [0.717, 1.165) is 16.7 Å². The van der Waals surface area contributed by atoms with Crippen LogP contribution in [0.25, 0.3) is 11.0 Å². The van der Waals surface area contributed by atoms with Gasteiger partial charge in [0.15, 0.2) is 0 Å². The topological polar surface area (TPSA) is 78.0 Å². The standard InChI is InChI=1S/C9H9N3O2/c13-8(14)5-12-7-2-4-11-9-6(7)1-3-10-9/h1-4H,5H2,(H,13,14)(H2,10,11,12). The average Bonchev–Trinajstić information content (AvgIpc) is 2.62. The van der Waals surface area contributed by atoms with Crippen molar-refractivity contribution in [1.82, 2.24) is 9.97 Å². The predicted octanol–water partition coefficient (Wildman–Crippen LogP) is 1.06. The number of hydrogen-bond donors (Lipinski definition) is 3. The maximum Gasteiger partial charge on any atom is 0.322 e. The number of nitrogens with one attached hydrogen (secondary N) is 2. The molecule has 14 heavy (non-hydrogen) atoms. The average molecular weight is 191 g/mol. The Morgan fingerprint density at radius 2 is 2.43 bits per heavy atom. The van der Waals surface area contributed by atoms with E-state index in [1.165, 1.54) is 0 Å². The van der Waals surface area contributed by atoms with Crippen LogP contribution in [0, 0.1) is 0 Å². The molecule has 0 aromatic carbocycles. The SMILES string of the molecule is O=C(O)CNc1ccnc2[nH]ccc12. The summed E-state index contributed by atoms with van der Waals surface area (Å²) in [5, 5.41) is 12.2. The second-order valence-electron chi connectivity index (χ2n) is 2.85. The molecule has 72 valence electrons. The summed E-state index contributed by atoms with van der Waals surface area (Å²) in [6.45, 7) is -0.0930. The number of aromatic nitrogens is 2. The number of pyridine rings is 1. The Balaban J connectivity index is 2.32. The smallest absolute Gasteiger partial charge is 0.322 e. The molecule has 0 spiro atoms. The maximum atomic E-state index is 10.4. The Hall–Kier alpha value is -2.04. The second kappa shape index (κ2) is 3.37. The van der Waals surface area contributed by atoms with Crippen LogP contribution in [0.2, 0.25) is 0 Å². The minimum Gasteiger partial charge on any atom is -0.480 e. The third-order valence-corrected chi connectivity index (χ3v) is 1.89. The Kier molecular flexibility index (Phi) is 2.06. The van der Waals surface area contributed by atoms with Gasteiger partial charge in [0, 0.05) is 23.5 Å². The van der Waals surface area contributed by atoms with Gasteiger partial charge in [-0.2, -0.15) is 0 Å². The summed E-state index contributed by atoms with van der Waals surface area (Å²) in [6.07, 6.45) is 3.40. The fourth-order valence-corrected chi connectivity index (χ4v) is 1.29. The van der Waals surface area contributed by atoms with Gasteiger partial charge in [-0.3, -0.25) is 4.79 Å². The van der Waals surface area contributed by atoms with Gasteiger partial charge in [-0.25, -0.2) is 4.98 Å². The van der Waals surface area contributed by atoms with Crippen LogP contribution in [0.15, 0.2) is 24.5 Å². The second-order valence-corrected chi connectivity index (χ2v) is 2.85. The zero-order chi connectivity index (χ0) is 9.97.